The molecule has 0 saturated heterocycles. The Morgan fingerprint density at radius 3 is 1.59 bits per heavy atom. The van der Waals surface area contributed by atoms with Crippen LogP contribution in [0.2, 0.25) is 5.02 Å². The maximum Gasteiger partial charge on any atom is 0.115 e. The summed E-state index contributed by atoms with van der Waals surface area (Å²) in [5.41, 5.74) is 11.6. The maximum atomic E-state index is 5.69. The number of hydrogen-bond acceptors (Lipinski definition) is 6. The van der Waals surface area contributed by atoms with Crippen molar-refractivity contribution in [3.63, 3.8) is 0 Å². The Morgan fingerprint density at radius 1 is 0.568 bits per heavy atom. The first kappa shape index (κ1) is 28.8. The summed E-state index contributed by atoms with van der Waals surface area (Å²) < 4.78 is 0. The number of nitrogen functional groups attached to an aromatic ring is 1. The molecule has 4 aromatic carbocycles. The zero-order valence-electron chi connectivity index (χ0n) is 21.5. The molecule has 0 amide bonds. The first-order valence-corrected chi connectivity index (χ1v) is 12.4. The average Bonchev–Trinajstić information content (AvgIpc) is 3.62. The van der Waals surface area contributed by atoms with Crippen LogP contribution in [0.1, 0.15) is 27.7 Å². The fourth-order valence-electron chi connectivity index (χ4n) is 2.87. The highest BCUT2D eigenvalue weighted by Gasteiger charge is 1.99. The number of aromatic nitrogens is 6. The summed E-state index contributed by atoms with van der Waals surface area (Å²) in [6, 6.07) is 30.8. The largest absolute Gasteiger partial charge is 0.399 e. The molecule has 2 heterocycles. The van der Waals surface area contributed by atoms with Gasteiger partial charge in [-0.3, -0.25) is 0 Å². The minimum Gasteiger partial charge on any atom is -0.399 e. The molecule has 0 radical (unpaired) electrons. The summed E-state index contributed by atoms with van der Waals surface area (Å²) in [6.45, 7) is 8.00. The molecule has 0 saturated carbocycles. The molecule has 192 valence electrons. The zero-order chi connectivity index (χ0) is 26.9. The monoisotopic (exact) mass is 516 g/mol. The van der Waals surface area contributed by atoms with Crippen LogP contribution in [-0.4, -0.2) is 30.8 Å². The van der Waals surface area contributed by atoms with Gasteiger partial charge in [0.25, 0.3) is 0 Å². The van der Waals surface area contributed by atoms with E-state index in [1.54, 1.807) is 12.1 Å². The molecule has 6 aromatic rings. The second-order valence-electron chi connectivity index (χ2n) is 6.89. The number of nitrogens with one attached hydrogen (secondary N) is 3. The van der Waals surface area contributed by atoms with Gasteiger partial charge in [-0.25, -0.2) is 0 Å². The molecular weight excluding hydrogens is 484 g/mol. The van der Waals surface area contributed by atoms with Gasteiger partial charge >= 0.3 is 0 Å². The molecule has 6 rings (SSSR count). The molecule has 0 bridgehead atoms. The first-order valence-electron chi connectivity index (χ1n) is 12.1. The summed E-state index contributed by atoms with van der Waals surface area (Å²) >= 11 is 5.69. The third-order valence-corrected chi connectivity index (χ3v) is 4.69. The van der Waals surface area contributed by atoms with E-state index in [0.29, 0.717) is 5.02 Å². The van der Waals surface area contributed by atoms with E-state index < -0.39 is 0 Å². The molecule has 0 aliphatic carbocycles. The van der Waals surface area contributed by atoms with E-state index in [1.165, 1.54) is 0 Å². The summed E-state index contributed by atoms with van der Waals surface area (Å²) in [6.07, 6.45) is 0. The van der Waals surface area contributed by atoms with Crippen LogP contribution in [0, 0.1) is 0 Å². The van der Waals surface area contributed by atoms with E-state index in [0.717, 1.165) is 39.1 Å². The van der Waals surface area contributed by atoms with Crippen molar-refractivity contribution in [1.82, 2.24) is 30.8 Å². The Labute approximate surface area is 222 Å². The summed E-state index contributed by atoms with van der Waals surface area (Å²) in [7, 11) is 0. The predicted octanol–water partition coefficient (Wildman–Crippen LogP) is 7.63. The average molecular weight is 517 g/mol. The van der Waals surface area contributed by atoms with Gasteiger partial charge < -0.3 is 11.1 Å². The first-order chi connectivity index (χ1) is 18.2. The molecular formula is C28H33ClN8. The van der Waals surface area contributed by atoms with E-state index in [4.69, 9.17) is 17.3 Å². The molecule has 2 aromatic heterocycles. The Bertz CT molecular complexity index is 1420. The lowest BCUT2D eigenvalue weighted by Gasteiger charge is -2.05. The Kier molecular flexibility index (Phi) is 12.7. The lowest BCUT2D eigenvalue weighted by molar-refractivity contribution is 0.959. The molecule has 5 N–H and O–H groups in total. The number of nitrogens with two attached hydrogens (primary N) is 1. The molecule has 8 nitrogen and oxygen atoms in total. The number of rotatable bonds is 2. The van der Waals surface area contributed by atoms with Crippen molar-refractivity contribution in [3.8, 4) is 0 Å². The Balaban J connectivity index is 0.000000197. The minimum atomic E-state index is 0.682. The van der Waals surface area contributed by atoms with E-state index >= 15 is 0 Å². The number of para-hydroxylation sites is 2. The van der Waals surface area contributed by atoms with Crippen LogP contribution < -0.4 is 11.1 Å². The molecule has 0 spiro atoms. The van der Waals surface area contributed by atoms with Crippen molar-refractivity contribution >= 4 is 50.7 Å². The van der Waals surface area contributed by atoms with Crippen LogP contribution in [0.4, 0.5) is 17.1 Å². The van der Waals surface area contributed by atoms with Crippen molar-refractivity contribution in [2.24, 2.45) is 0 Å². The standard InChI is InChI=1S/C12H10N4.C6H4ClN3.C6H7N.2C2H6/c1-2-4-9(5-3-1)13-10-6-7-11-12(8-10)15-16-14-11;7-4-1-2-5-6(3-4)9-10-8-5;7-6-4-2-1-3-5-6;2*1-2/h1-8,13H,(H,14,15,16);1-3H,(H,8,9,10);1-5H,7H2;2*1-2H3. The third kappa shape index (κ3) is 9.62. The predicted molar refractivity (Wildman–Crippen MR) is 156 cm³/mol. The van der Waals surface area contributed by atoms with E-state index in [-0.39, 0.29) is 0 Å². The number of aromatic amines is 2. The van der Waals surface area contributed by atoms with Crippen molar-refractivity contribution in [2.45, 2.75) is 27.7 Å². The molecule has 0 fully saturated rings. The summed E-state index contributed by atoms with van der Waals surface area (Å²) in [5, 5.41) is 24.9. The molecule has 9 heteroatoms. The zero-order valence-corrected chi connectivity index (χ0v) is 22.2. The topological polar surface area (TPSA) is 121 Å². The van der Waals surface area contributed by atoms with Gasteiger partial charge in [-0.15, -0.1) is 0 Å². The van der Waals surface area contributed by atoms with Gasteiger partial charge in [0.1, 0.15) is 22.1 Å². The normalized spacial score (nSPS) is 9.32. The fourth-order valence-corrected chi connectivity index (χ4v) is 3.04. The number of nitrogens with zero attached hydrogens (tertiary/aromatic N) is 4. The summed E-state index contributed by atoms with van der Waals surface area (Å²) in [4.78, 5) is 0. The molecule has 0 atom stereocenters. The van der Waals surface area contributed by atoms with Crippen LogP contribution in [-0.2, 0) is 0 Å². The minimum absolute atomic E-state index is 0.682. The van der Waals surface area contributed by atoms with Crippen LogP contribution in [0.3, 0.4) is 0 Å². The van der Waals surface area contributed by atoms with Crippen LogP contribution in [0.25, 0.3) is 22.1 Å². The number of halogens is 1. The van der Waals surface area contributed by atoms with Crippen molar-refractivity contribution in [1.29, 1.82) is 0 Å². The second-order valence-corrected chi connectivity index (χ2v) is 7.32. The number of fused-ring (bicyclic) bond motifs is 2. The van der Waals surface area contributed by atoms with E-state index in [2.05, 4.69) is 36.1 Å². The van der Waals surface area contributed by atoms with Crippen molar-refractivity contribution in [2.75, 3.05) is 11.1 Å². The number of benzene rings is 4. The van der Waals surface area contributed by atoms with Gasteiger partial charge in [0.15, 0.2) is 0 Å². The maximum absolute atomic E-state index is 5.69. The fraction of sp³-hybridized carbons (Fsp3) is 0.143. The molecule has 0 aliphatic rings. The van der Waals surface area contributed by atoms with Crippen molar-refractivity contribution in [3.05, 3.63) is 102 Å². The van der Waals surface area contributed by atoms with Gasteiger partial charge in [0.2, 0.25) is 0 Å². The highest BCUT2D eigenvalue weighted by molar-refractivity contribution is 6.31. The van der Waals surface area contributed by atoms with Crippen LogP contribution in [0.15, 0.2) is 97.1 Å². The van der Waals surface area contributed by atoms with Crippen molar-refractivity contribution < 1.29 is 0 Å². The molecule has 37 heavy (non-hydrogen) atoms. The van der Waals surface area contributed by atoms with Gasteiger partial charge in [-0.05, 0) is 60.7 Å². The SMILES string of the molecule is CC.CC.Clc1ccc2n[nH]nc2c1.Nc1ccccc1.c1ccc(Nc2ccc3n[nH]nc3c2)cc1. The Hall–Kier alpha value is -4.43. The van der Waals surface area contributed by atoms with Crippen LogP contribution in [0.5, 0.6) is 0 Å². The van der Waals surface area contributed by atoms with E-state index in [1.807, 2.05) is 113 Å². The smallest absolute Gasteiger partial charge is 0.115 e. The van der Waals surface area contributed by atoms with Gasteiger partial charge in [0.05, 0.1) is 0 Å². The molecule has 0 unspecified atom stereocenters. The van der Waals surface area contributed by atoms with Gasteiger partial charge in [-0.2, -0.15) is 30.8 Å². The van der Waals surface area contributed by atoms with E-state index in [9.17, 15) is 0 Å². The van der Waals surface area contributed by atoms with Crippen LogP contribution >= 0.6 is 11.6 Å². The number of hydrogen-bond donors (Lipinski definition) is 4. The number of H-pyrrole nitrogens is 2. The van der Waals surface area contributed by atoms with Gasteiger partial charge in [0, 0.05) is 22.1 Å². The number of anilines is 3. The molecule has 0 aliphatic heterocycles. The Morgan fingerprint density at radius 2 is 1.05 bits per heavy atom. The third-order valence-electron chi connectivity index (χ3n) is 4.46. The lowest BCUT2D eigenvalue weighted by Crippen LogP contribution is -1.89. The quantitative estimate of drug-likeness (QED) is 0.175. The lowest BCUT2D eigenvalue weighted by atomic mass is 10.2. The highest BCUT2D eigenvalue weighted by Crippen LogP contribution is 2.19. The van der Waals surface area contributed by atoms with Gasteiger partial charge in [-0.1, -0.05) is 75.7 Å². The highest BCUT2D eigenvalue weighted by atomic mass is 35.5. The summed E-state index contributed by atoms with van der Waals surface area (Å²) in [5.74, 6) is 0. The second kappa shape index (κ2) is 16.3.